The first-order valence-corrected chi connectivity index (χ1v) is 8.78. The van der Waals surface area contributed by atoms with Gasteiger partial charge in [-0.2, -0.15) is 5.10 Å². The minimum absolute atomic E-state index is 0.255. The van der Waals surface area contributed by atoms with Crippen LogP contribution >= 0.6 is 15.9 Å². The van der Waals surface area contributed by atoms with Crippen LogP contribution in [0.1, 0.15) is 25.8 Å². The molecule has 1 aromatic carbocycles. The molecular formula is C18H21BrN4O2. The van der Waals surface area contributed by atoms with Crippen molar-refractivity contribution in [3.8, 4) is 0 Å². The first-order valence-electron chi connectivity index (χ1n) is 7.99. The van der Waals surface area contributed by atoms with Gasteiger partial charge >= 0.3 is 0 Å². The normalized spacial score (nSPS) is 12.3. The van der Waals surface area contributed by atoms with Gasteiger partial charge in [0.25, 0.3) is 0 Å². The Morgan fingerprint density at radius 2 is 2.04 bits per heavy atom. The Bertz CT molecular complexity index is 741. The molecule has 2 amide bonds. The topological polar surface area (TPSA) is 86.9 Å². The zero-order valence-electron chi connectivity index (χ0n) is 14.1. The van der Waals surface area contributed by atoms with E-state index in [0.29, 0.717) is 12.2 Å². The average molecular weight is 405 g/mol. The standard InChI is InChI=1S/C18H21BrN4O2/c1-12(2)11-15(18(25)22-16-9-10-20-23-16)21-17(24)8-7-13-5-3-4-6-14(13)19/h3-10,12,15H,11H2,1-2H3,(H,21,24)(H2,20,22,23,25)/b8-7+. The molecule has 7 heteroatoms. The number of nitrogens with one attached hydrogen (secondary N) is 3. The lowest BCUT2D eigenvalue weighted by Crippen LogP contribution is -2.44. The quantitative estimate of drug-likeness (QED) is 0.618. The molecule has 1 unspecified atom stereocenters. The highest BCUT2D eigenvalue weighted by Gasteiger charge is 2.21. The van der Waals surface area contributed by atoms with Crippen LogP contribution in [0.25, 0.3) is 6.08 Å². The summed E-state index contributed by atoms with van der Waals surface area (Å²) in [6.07, 6.45) is 5.22. The molecule has 0 aliphatic carbocycles. The summed E-state index contributed by atoms with van der Waals surface area (Å²) in [6, 6.07) is 8.61. The fraction of sp³-hybridized carbons (Fsp3) is 0.278. The van der Waals surface area contributed by atoms with Gasteiger partial charge in [-0.3, -0.25) is 14.7 Å². The van der Waals surface area contributed by atoms with Crippen molar-refractivity contribution in [1.29, 1.82) is 0 Å². The van der Waals surface area contributed by atoms with Gasteiger partial charge < -0.3 is 10.6 Å². The number of hydrogen-bond acceptors (Lipinski definition) is 3. The molecule has 0 saturated carbocycles. The van der Waals surface area contributed by atoms with Crippen molar-refractivity contribution >= 4 is 39.6 Å². The predicted molar refractivity (Wildman–Crippen MR) is 102 cm³/mol. The van der Waals surface area contributed by atoms with Crippen LogP contribution in [0, 0.1) is 5.92 Å². The van der Waals surface area contributed by atoms with Gasteiger partial charge in [0, 0.05) is 16.6 Å². The lowest BCUT2D eigenvalue weighted by Gasteiger charge is -2.19. The molecule has 132 valence electrons. The van der Waals surface area contributed by atoms with Crippen LogP contribution in [0.5, 0.6) is 0 Å². The van der Waals surface area contributed by atoms with Crippen molar-refractivity contribution in [2.75, 3.05) is 5.32 Å². The van der Waals surface area contributed by atoms with E-state index in [0.717, 1.165) is 10.0 Å². The molecule has 25 heavy (non-hydrogen) atoms. The first-order chi connectivity index (χ1) is 12.0. The molecule has 0 saturated heterocycles. The molecule has 2 rings (SSSR count). The molecule has 2 aromatic rings. The Morgan fingerprint density at radius 3 is 2.68 bits per heavy atom. The van der Waals surface area contributed by atoms with E-state index in [1.807, 2.05) is 38.1 Å². The van der Waals surface area contributed by atoms with Crippen molar-refractivity contribution in [3.63, 3.8) is 0 Å². The second-order valence-corrected chi connectivity index (χ2v) is 6.86. The molecule has 0 spiro atoms. The zero-order valence-corrected chi connectivity index (χ0v) is 15.7. The van der Waals surface area contributed by atoms with E-state index in [-0.39, 0.29) is 17.7 Å². The number of benzene rings is 1. The predicted octanol–water partition coefficient (Wildman–Crippen LogP) is 3.36. The summed E-state index contributed by atoms with van der Waals surface area (Å²) in [7, 11) is 0. The second kappa shape index (κ2) is 9.17. The maximum atomic E-state index is 12.4. The summed E-state index contributed by atoms with van der Waals surface area (Å²) in [5, 5.41) is 11.9. The lowest BCUT2D eigenvalue weighted by atomic mass is 10.0. The van der Waals surface area contributed by atoms with Gasteiger partial charge in [0.2, 0.25) is 11.8 Å². The second-order valence-electron chi connectivity index (χ2n) is 6.01. The highest BCUT2D eigenvalue weighted by Crippen LogP contribution is 2.17. The fourth-order valence-corrected chi connectivity index (χ4v) is 2.66. The fourth-order valence-electron chi connectivity index (χ4n) is 2.24. The van der Waals surface area contributed by atoms with E-state index in [9.17, 15) is 9.59 Å². The number of carbonyl (C=O) groups is 2. The lowest BCUT2D eigenvalue weighted by molar-refractivity contribution is -0.124. The van der Waals surface area contributed by atoms with Crippen LogP contribution in [0.2, 0.25) is 0 Å². The molecule has 6 nitrogen and oxygen atoms in total. The van der Waals surface area contributed by atoms with Gasteiger partial charge in [-0.1, -0.05) is 48.0 Å². The number of halogens is 1. The van der Waals surface area contributed by atoms with Gasteiger partial charge in [0.05, 0.1) is 6.20 Å². The van der Waals surface area contributed by atoms with E-state index in [1.165, 1.54) is 6.08 Å². The molecule has 0 fully saturated rings. The number of nitrogens with zero attached hydrogens (tertiary/aromatic N) is 1. The van der Waals surface area contributed by atoms with E-state index < -0.39 is 6.04 Å². The van der Waals surface area contributed by atoms with Gasteiger partial charge in [-0.05, 0) is 30.0 Å². The van der Waals surface area contributed by atoms with Crippen LogP contribution in [-0.2, 0) is 9.59 Å². The minimum Gasteiger partial charge on any atom is -0.341 e. The van der Waals surface area contributed by atoms with E-state index >= 15 is 0 Å². The summed E-state index contributed by atoms with van der Waals surface area (Å²) in [5.74, 6) is 0.156. The van der Waals surface area contributed by atoms with Crippen molar-refractivity contribution in [2.45, 2.75) is 26.3 Å². The zero-order chi connectivity index (χ0) is 18.2. The third-order valence-corrected chi connectivity index (χ3v) is 4.14. The number of aromatic amines is 1. The van der Waals surface area contributed by atoms with Crippen LogP contribution in [0.4, 0.5) is 5.82 Å². The van der Waals surface area contributed by atoms with Crippen molar-refractivity contribution in [1.82, 2.24) is 15.5 Å². The third-order valence-electron chi connectivity index (χ3n) is 3.42. The number of rotatable bonds is 7. The van der Waals surface area contributed by atoms with Crippen LogP contribution in [0.15, 0.2) is 47.1 Å². The monoisotopic (exact) mass is 404 g/mol. The summed E-state index contributed by atoms with van der Waals surface area (Å²) in [5.41, 5.74) is 0.889. The highest BCUT2D eigenvalue weighted by atomic mass is 79.9. The van der Waals surface area contributed by atoms with Gasteiger partial charge in [0.15, 0.2) is 0 Å². The maximum absolute atomic E-state index is 12.4. The van der Waals surface area contributed by atoms with Gasteiger partial charge in [-0.25, -0.2) is 0 Å². The van der Waals surface area contributed by atoms with Crippen LogP contribution in [-0.4, -0.2) is 28.1 Å². The minimum atomic E-state index is -0.625. The molecule has 1 heterocycles. The molecular weight excluding hydrogens is 384 g/mol. The number of H-pyrrole nitrogens is 1. The maximum Gasteiger partial charge on any atom is 0.248 e. The van der Waals surface area contributed by atoms with Crippen molar-refractivity contribution in [3.05, 3.63) is 52.6 Å². The Kier molecular flexibility index (Phi) is 6.94. The first kappa shape index (κ1) is 18.9. The number of hydrogen-bond donors (Lipinski definition) is 3. The highest BCUT2D eigenvalue weighted by molar-refractivity contribution is 9.10. The smallest absolute Gasteiger partial charge is 0.248 e. The number of aromatic nitrogens is 2. The summed E-state index contributed by atoms with van der Waals surface area (Å²) in [4.78, 5) is 24.6. The van der Waals surface area contributed by atoms with E-state index in [1.54, 1.807) is 18.3 Å². The molecule has 0 radical (unpaired) electrons. The SMILES string of the molecule is CC(C)CC(NC(=O)/C=C/c1ccccc1Br)C(=O)Nc1ccn[nH]1. The Hall–Kier alpha value is -2.41. The van der Waals surface area contributed by atoms with Crippen molar-refractivity contribution < 1.29 is 9.59 Å². The number of anilines is 1. The number of amides is 2. The largest absolute Gasteiger partial charge is 0.341 e. The van der Waals surface area contributed by atoms with E-state index in [4.69, 9.17) is 0 Å². The molecule has 0 aliphatic rings. The van der Waals surface area contributed by atoms with Crippen LogP contribution < -0.4 is 10.6 Å². The van der Waals surface area contributed by atoms with E-state index in [2.05, 4.69) is 36.8 Å². The number of carbonyl (C=O) groups excluding carboxylic acids is 2. The van der Waals surface area contributed by atoms with Crippen molar-refractivity contribution in [2.24, 2.45) is 5.92 Å². The molecule has 1 aromatic heterocycles. The van der Waals surface area contributed by atoms with Crippen LogP contribution in [0.3, 0.4) is 0 Å². The molecule has 3 N–H and O–H groups in total. The Morgan fingerprint density at radius 1 is 1.28 bits per heavy atom. The average Bonchev–Trinajstić information content (AvgIpc) is 3.06. The van der Waals surface area contributed by atoms with Gasteiger partial charge in [0.1, 0.15) is 11.9 Å². The molecule has 0 aliphatic heterocycles. The Balaban J connectivity index is 2.01. The summed E-state index contributed by atoms with van der Waals surface area (Å²) >= 11 is 3.43. The van der Waals surface area contributed by atoms with Gasteiger partial charge in [-0.15, -0.1) is 0 Å². The Labute approximate surface area is 155 Å². The third kappa shape index (κ3) is 6.19. The summed E-state index contributed by atoms with van der Waals surface area (Å²) < 4.78 is 0.898. The molecule has 1 atom stereocenters. The summed E-state index contributed by atoms with van der Waals surface area (Å²) in [6.45, 7) is 4.00. The molecule has 0 bridgehead atoms.